The van der Waals surface area contributed by atoms with Crippen molar-refractivity contribution >= 4 is 5.97 Å². The van der Waals surface area contributed by atoms with E-state index in [-0.39, 0.29) is 19.2 Å². The molecule has 0 fully saturated rings. The Labute approximate surface area is 198 Å². The number of rotatable bonds is 13. The number of methoxy groups -OCH3 is 2. The average Bonchev–Trinajstić information content (AvgIpc) is 2.84. The van der Waals surface area contributed by atoms with E-state index >= 15 is 0 Å². The van der Waals surface area contributed by atoms with Gasteiger partial charge in [-0.3, -0.25) is 4.79 Å². The Morgan fingerprint density at radius 2 is 1.76 bits per heavy atom. The van der Waals surface area contributed by atoms with Crippen molar-refractivity contribution in [1.29, 1.82) is 0 Å². The summed E-state index contributed by atoms with van der Waals surface area (Å²) in [5, 5.41) is 19.2. The maximum Gasteiger partial charge on any atom is 0.316 e. The molecule has 0 radical (unpaired) electrons. The van der Waals surface area contributed by atoms with Gasteiger partial charge >= 0.3 is 5.97 Å². The summed E-state index contributed by atoms with van der Waals surface area (Å²) >= 11 is 0. The van der Waals surface area contributed by atoms with E-state index in [4.69, 9.17) is 9.47 Å². The van der Waals surface area contributed by atoms with Crippen LogP contribution in [0.25, 0.3) is 0 Å². The normalized spacial score (nSPS) is 13.1. The standard InChI is InChI=1S/C27H39NO5/c1-6-27(26(31)33-5,24-10-9-22(18-29)23(17-24)19-30)13-7-14-28(3)15-12-21-8-11-25(32-4)20(2)16-21/h8-11,16-17,29-30H,6-7,12-15,18-19H2,1-5H3. The molecule has 0 heterocycles. The third kappa shape index (κ3) is 6.56. The van der Waals surface area contributed by atoms with Crippen molar-refractivity contribution in [2.45, 2.75) is 58.2 Å². The highest BCUT2D eigenvalue weighted by molar-refractivity contribution is 5.83. The number of aliphatic hydroxyl groups is 2. The van der Waals surface area contributed by atoms with Gasteiger partial charge in [-0.05, 0) is 80.1 Å². The van der Waals surface area contributed by atoms with E-state index < -0.39 is 5.41 Å². The zero-order valence-corrected chi connectivity index (χ0v) is 20.7. The van der Waals surface area contributed by atoms with Gasteiger partial charge in [-0.25, -0.2) is 0 Å². The summed E-state index contributed by atoms with van der Waals surface area (Å²) in [6.07, 6.45) is 3.01. The lowest BCUT2D eigenvalue weighted by molar-refractivity contribution is -0.148. The van der Waals surface area contributed by atoms with Crippen LogP contribution in [0, 0.1) is 6.92 Å². The van der Waals surface area contributed by atoms with Crippen molar-refractivity contribution in [3.05, 3.63) is 64.2 Å². The largest absolute Gasteiger partial charge is 0.496 e. The molecular weight excluding hydrogens is 418 g/mol. The van der Waals surface area contributed by atoms with Crippen molar-refractivity contribution in [3.8, 4) is 5.75 Å². The number of likely N-dealkylation sites (N-methyl/N-ethyl adjacent to an activating group) is 1. The molecule has 0 aliphatic carbocycles. The second-order valence-electron chi connectivity index (χ2n) is 8.69. The molecule has 2 aromatic rings. The molecule has 33 heavy (non-hydrogen) atoms. The molecule has 2 N–H and O–H groups in total. The van der Waals surface area contributed by atoms with Crippen LogP contribution in [-0.2, 0) is 34.6 Å². The Hall–Kier alpha value is -2.41. The number of benzene rings is 2. The number of carbonyl (C=O) groups is 1. The highest BCUT2D eigenvalue weighted by Crippen LogP contribution is 2.36. The first-order valence-corrected chi connectivity index (χ1v) is 11.6. The van der Waals surface area contributed by atoms with Crippen molar-refractivity contribution in [2.24, 2.45) is 0 Å². The molecule has 2 rings (SSSR count). The van der Waals surface area contributed by atoms with E-state index in [1.54, 1.807) is 13.2 Å². The third-order valence-corrected chi connectivity index (χ3v) is 6.66. The maximum atomic E-state index is 12.9. The second-order valence-corrected chi connectivity index (χ2v) is 8.69. The van der Waals surface area contributed by atoms with Crippen LogP contribution in [0.4, 0.5) is 0 Å². The van der Waals surface area contributed by atoms with E-state index in [9.17, 15) is 15.0 Å². The van der Waals surface area contributed by atoms with Crippen LogP contribution in [0.2, 0.25) is 0 Å². The molecule has 6 nitrogen and oxygen atoms in total. The lowest BCUT2D eigenvalue weighted by Crippen LogP contribution is -2.37. The van der Waals surface area contributed by atoms with Gasteiger partial charge in [0.05, 0.1) is 32.8 Å². The summed E-state index contributed by atoms with van der Waals surface area (Å²) in [7, 11) is 5.21. The molecule has 182 valence electrons. The third-order valence-electron chi connectivity index (χ3n) is 6.66. The highest BCUT2D eigenvalue weighted by atomic mass is 16.5. The van der Waals surface area contributed by atoms with Gasteiger partial charge in [0.1, 0.15) is 5.75 Å². The molecule has 0 bridgehead atoms. The van der Waals surface area contributed by atoms with Crippen molar-refractivity contribution < 1.29 is 24.5 Å². The van der Waals surface area contributed by atoms with E-state index in [2.05, 4.69) is 31.0 Å². The zero-order valence-electron chi connectivity index (χ0n) is 20.7. The fourth-order valence-electron chi connectivity index (χ4n) is 4.49. The Balaban J connectivity index is 2.06. The summed E-state index contributed by atoms with van der Waals surface area (Å²) in [6.45, 7) is 5.49. The number of hydrogen-bond acceptors (Lipinski definition) is 6. The van der Waals surface area contributed by atoms with Crippen LogP contribution in [0.15, 0.2) is 36.4 Å². The fraction of sp³-hybridized carbons (Fsp3) is 0.519. The minimum Gasteiger partial charge on any atom is -0.496 e. The van der Waals surface area contributed by atoms with Crippen LogP contribution in [0.3, 0.4) is 0 Å². The summed E-state index contributed by atoms with van der Waals surface area (Å²) < 4.78 is 10.5. The van der Waals surface area contributed by atoms with Gasteiger partial charge in [0.25, 0.3) is 0 Å². The molecule has 0 aromatic heterocycles. The number of esters is 1. The number of carbonyl (C=O) groups excluding carboxylic acids is 1. The van der Waals surface area contributed by atoms with Gasteiger partial charge in [0.15, 0.2) is 0 Å². The number of hydrogen-bond donors (Lipinski definition) is 2. The highest BCUT2D eigenvalue weighted by Gasteiger charge is 2.39. The lowest BCUT2D eigenvalue weighted by atomic mass is 9.73. The Morgan fingerprint density at radius 1 is 1.03 bits per heavy atom. The topological polar surface area (TPSA) is 79.2 Å². The number of aliphatic hydroxyl groups excluding tert-OH is 2. The lowest BCUT2D eigenvalue weighted by Gasteiger charge is -2.32. The van der Waals surface area contributed by atoms with Gasteiger partial charge in [-0.2, -0.15) is 0 Å². The quantitative estimate of drug-likeness (QED) is 0.446. The predicted octanol–water partition coefficient (Wildman–Crippen LogP) is 3.76. The first-order chi connectivity index (χ1) is 15.8. The van der Waals surface area contributed by atoms with Crippen LogP contribution < -0.4 is 4.74 Å². The van der Waals surface area contributed by atoms with Crippen LogP contribution >= 0.6 is 0 Å². The zero-order chi connectivity index (χ0) is 24.4. The second kappa shape index (κ2) is 12.7. The first-order valence-electron chi connectivity index (χ1n) is 11.6. The molecule has 0 aliphatic rings. The summed E-state index contributed by atoms with van der Waals surface area (Å²) in [4.78, 5) is 15.2. The predicted molar refractivity (Wildman–Crippen MR) is 130 cm³/mol. The molecule has 0 saturated heterocycles. The smallest absolute Gasteiger partial charge is 0.316 e. The van der Waals surface area contributed by atoms with Crippen LogP contribution in [-0.4, -0.2) is 55.4 Å². The molecule has 2 aromatic carbocycles. The van der Waals surface area contributed by atoms with Gasteiger partial charge in [-0.15, -0.1) is 0 Å². The molecule has 0 amide bonds. The van der Waals surface area contributed by atoms with Crippen LogP contribution in [0.1, 0.15) is 54.0 Å². The van der Waals surface area contributed by atoms with Crippen molar-refractivity contribution in [3.63, 3.8) is 0 Å². The molecule has 0 saturated carbocycles. The SMILES string of the molecule is CCC(CCCN(C)CCc1ccc(OC)c(C)c1)(C(=O)OC)c1ccc(CO)c(CO)c1. The van der Waals surface area contributed by atoms with E-state index in [0.29, 0.717) is 24.0 Å². The number of aryl methyl sites for hydroxylation is 1. The number of nitrogens with zero attached hydrogens (tertiary/aromatic N) is 1. The van der Waals surface area contributed by atoms with E-state index in [0.717, 1.165) is 42.8 Å². The molecular formula is C27H39NO5. The minimum atomic E-state index is -0.777. The monoisotopic (exact) mass is 457 g/mol. The van der Waals surface area contributed by atoms with Gasteiger partial charge in [-0.1, -0.05) is 37.3 Å². The summed E-state index contributed by atoms with van der Waals surface area (Å²) in [5.41, 5.74) is 3.78. The molecule has 1 unspecified atom stereocenters. The Morgan fingerprint density at radius 3 is 2.33 bits per heavy atom. The van der Waals surface area contributed by atoms with Gasteiger partial charge < -0.3 is 24.6 Å². The molecule has 0 spiro atoms. The summed E-state index contributed by atoms with van der Waals surface area (Å²) in [5.74, 6) is 0.643. The van der Waals surface area contributed by atoms with Crippen LogP contribution in [0.5, 0.6) is 5.75 Å². The Kier molecular flexibility index (Phi) is 10.4. The van der Waals surface area contributed by atoms with Crippen molar-refractivity contribution in [2.75, 3.05) is 34.4 Å². The van der Waals surface area contributed by atoms with E-state index in [1.807, 2.05) is 25.1 Å². The summed E-state index contributed by atoms with van der Waals surface area (Å²) in [6, 6.07) is 11.8. The fourth-order valence-corrected chi connectivity index (χ4v) is 4.49. The minimum absolute atomic E-state index is 0.147. The number of ether oxygens (including phenoxy) is 2. The molecule has 1 atom stereocenters. The molecule has 6 heteroatoms. The first kappa shape index (κ1) is 26.8. The molecule has 0 aliphatic heterocycles. The van der Waals surface area contributed by atoms with Crippen molar-refractivity contribution in [1.82, 2.24) is 4.90 Å². The average molecular weight is 458 g/mol. The van der Waals surface area contributed by atoms with E-state index in [1.165, 1.54) is 12.7 Å². The maximum absolute atomic E-state index is 12.9. The van der Waals surface area contributed by atoms with Gasteiger partial charge in [0.2, 0.25) is 0 Å². The van der Waals surface area contributed by atoms with Gasteiger partial charge in [0, 0.05) is 6.54 Å². The Bertz CT molecular complexity index is 913.